The molecule has 1 aliphatic heterocycles. The molecule has 8 heteroatoms. The summed E-state index contributed by atoms with van der Waals surface area (Å²) in [5, 5.41) is 10.9. The molecule has 0 unspecified atom stereocenters. The number of hydrogen-bond acceptors (Lipinski definition) is 5. The minimum absolute atomic E-state index is 0.375. The fourth-order valence-corrected chi connectivity index (χ4v) is 4.94. The first-order valence-corrected chi connectivity index (χ1v) is 11.3. The third-order valence-corrected chi connectivity index (χ3v) is 6.74. The second-order valence-electron chi connectivity index (χ2n) is 7.62. The Morgan fingerprint density at radius 3 is 2.77 bits per heavy atom. The molecular weight excluding hydrogens is 413 g/mol. The average Bonchev–Trinajstić information content (AvgIpc) is 3.40. The van der Waals surface area contributed by atoms with Gasteiger partial charge in [0.2, 0.25) is 0 Å². The van der Waals surface area contributed by atoms with Crippen LogP contribution in [0.25, 0.3) is 16.9 Å². The highest BCUT2D eigenvalue weighted by molar-refractivity contribution is 7.09. The number of likely N-dealkylation sites (tertiary alicyclic amines) is 1. The zero-order chi connectivity index (χ0) is 20.5. The Kier molecular flexibility index (Phi) is 5.50. The summed E-state index contributed by atoms with van der Waals surface area (Å²) in [6, 6.07) is 14.4. The van der Waals surface area contributed by atoms with Crippen molar-refractivity contribution < 1.29 is 0 Å². The summed E-state index contributed by atoms with van der Waals surface area (Å²) in [6.45, 7) is 3.18. The van der Waals surface area contributed by atoms with Crippen molar-refractivity contribution in [1.29, 1.82) is 0 Å². The van der Waals surface area contributed by atoms with Crippen LogP contribution in [0.3, 0.4) is 0 Å². The Morgan fingerprint density at radius 1 is 1.17 bits per heavy atom. The van der Waals surface area contributed by atoms with Crippen LogP contribution >= 0.6 is 22.9 Å². The summed E-state index contributed by atoms with van der Waals surface area (Å²) < 4.78 is 1.79. The van der Waals surface area contributed by atoms with Crippen LogP contribution in [0.4, 0.5) is 5.82 Å². The standard InChI is InChI=1S/C22H21BClN5S/c23-18-13-25-29-21(12-20(27-22(18)29)17-5-1-2-6-19(17)24)26-15-7-9-28(10-8-15)14-16-4-3-11-30-16/h1-6,11-13,15,26H,7-10,14H2. The zero-order valence-corrected chi connectivity index (χ0v) is 18.0. The lowest BCUT2D eigenvalue weighted by Gasteiger charge is -2.32. The highest BCUT2D eigenvalue weighted by Crippen LogP contribution is 2.29. The molecule has 1 fully saturated rings. The van der Waals surface area contributed by atoms with Crippen LogP contribution in [-0.4, -0.2) is 46.5 Å². The number of rotatable bonds is 5. The molecule has 150 valence electrons. The van der Waals surface area contributed by atoms with E-state index in [9.17, 15) is 0 Å². The molecule has 5 nitrogen and oxygen atoms in total. The molecule has 0 atom stereocenters. The summed E-state index contributed by atoms with van der Waals surface area (Å²) in [7, 11) is 6.13. The number of anilines is 1. The van der Waals surface area contributed by atoms with E-state index >= 15 is 0 Å². The molecule has 0 amide bonds. The molecule has 3 aromatic heterocycles. The molecule has 2 radical (unpaired) electrons. The predicted octanol–water partition coefficient (Wildman–Crippen LogP) is 3.98. The summed E-state index contributed by atoms with van der Waals surface area (Å²) >= 11 is 8.25. The van der Waals surface area contributed by atoms with Gasteiger partial charge in [-0.15, -0.1) is 11.3 Å². The van der Waals surface area contributed by atoms with Crippen molar-refractivity contribution in [2.24, 2.45) is 0 Å². The van der Waals surface area contributed by atoms with E-state index in [0.29, 0.717) is 22.2 Å². The Morgan fingerprint density at radius 2 is 2.00 bits per heavy atom. The number of aromatic nitrogens is 3. The van der Waals surface area contributed by atoms with Crippen molar-refractivity contribution in [2.75, 3.05) is 18.4 Å². The monoisotopic (exact) mass is 433 g/mol. The first-order chi connectivity index (χ1) is 14.7. The smallest absolute Gasteiger partial charge is 0.150 e. The Bertz CT molecular complexity index is 1150. The SMILES string of the molecule is [B]c1cnn2c(NC3CCN(Cc4cccs4)CC3)cc(-c3ccccc3Cl)nc12. The molecule has 1 aliphatic rings. The van der Waals surface area contributed by atoms with Gasteiger partial charge < -0.3 is 5.32 Å². The van der Waals surface area contributed by atoms with Gasteiger partial charge in [0.15, 0.2) is 5.65 Å². The predicted molar refractivity (Wildman–Crippen MR) is 125 cm³/mol. The molecule has 1 aromatic carbocycles. The van der Waals surface area contributed by atoms with Gasteiger partial charge in [-0.2, -0.15) is 9.61 Å². The van der Waals surface area contributed by atoms with E-state index in [4.69, 9.17) is 24.4 Å². The molecule has 0 spiro atoms. The first kappa shape index (κ1) is 19.6. The molecule has 0 aliphatic carbocycles. The van der Waals surface area contributed by atoms with E-state index in [2.05, 4.69) is 32.8 Å². The van der Waals surface area contributed by atoms with Crippen molar-refractivity contribution in [3.63, 3.8) is 0 Å². The number of piperidine rings is 1. The molecule has 5 rings (SSSR count). The van der Waals surface area contributed by atoms with Gasteiger partial charge in [0, 0.05) is 53.4 Å². The first-order valence-electron chi connectivity index (χ1n) is 10.1. The quantitative estimate of drug-likeness (QED) is 0.484. The maximum atomic E-state index is 6.42. The van der Waals surface area contributed by atoms with Gasteiger partial charge in [-0.1, -0.05) is 35.9 Å². The van der Waals surface area contributed by atoms with Crippen LogP contribution < -0.4 is 10.8 Å². The van der Waals surface area contributed by atoms with Crippen LogP contribution in [0.2, 0.25) is 5.02 Å². The van der Waals surface area contributed by atoms with E-state index in [1.54, 1.807) is 10.7 Å². The molecule has 30 heavy (non-hydrogen) atoms. The lowest BCUT2D eigenvalue weighted by atomic mass is 10.0. The number of halogens is 1. The molecule has 4 heterocycles. The normalized spacial score (nSPS) is 15.6. The van der Waals surface area contributed by atoms with Crippen LogP contribution in [0, 0.1) is 0 Å². The van der Waals surface area contributed by atoms with E-state index in [1.165, 1.54) is 4.88 Å². The van der Waals surface area contributed by atoms with Gasteiger partial charge in [0.1, 0.15) is 13.7 Å². The summed E-state index contributed by atoms with van der Waals surface area (Å²) in [5.41, 5.74) is 2.87. The lowest BCUT2D eigenvalue weighted by Crippen LogP contribution is -2.38. The van der Waals surface area contributed by atoms with Crippen molar-refractivity contribution >= 4 is 47.7 Å². The zero-order valence-electron chi connectivity index (χ0n) is 16.5. The number of nitrogens with zero attached hydrogens (tertiary/aromatic N) is 4. The van der Waals surface area contributed by atoms with Crippen molar-refractivity contribution in [2.45, 2.75) is 25.4 Å². The van der Waals surface area contributed by atoms with Crippen molar-refractivity contribution in [1.82, 2.24) is 19.5 Å². The molecule has 1 saturated heterocycles. The topological polar surface area (TPSA) is 45.5 Å². The van der Waals surface area contributed by atoms with E-state index < -0.39 is 0 Å². The fourth-order valence-electron chi connectivity index (χ4n) is 3.96. The lowest BCUT2D eigenvalue weighted by molar-refractivity contribution is 0.213. The minimum atomic E-state index is 0.375. The van der Waals surface area contributed by atoms with Gasteiger partial charge in [0.05, 0.1) is 5.69 Å². The Labute approximate surface area is 186 Å². The van der Waals surface area contributed by atoms with Gasteiger partial charge in [0.25, 0.3) is 0 Å². The Hall–Kier alpha value is -2.35. The summed E-state index contributed by atoms with van der Waals surface area (Å²) in [4.78, 5) is 8.66. The number of hydrogen-bond donors (Lipinski definition) is 1. The van der Waals surface area contributed by atoms with Gasteiger partial charge in [-0.05, 0) is 35.8 Å². The third kappa shape index (κ3) is 3.97. The summed E-state index contributed by atoms with van der Waals surface area (Å²) in [5.74, 6) is 0.892. The van der Waals surface area contributed by atoms with E-state index in [-0.39, 0.29) is 0 Å². The average molecular weight is 434 g/mol. The fraction of sp³-hybridized carbons (Fsp3) is 0.273. The van der Waals surface area contributed by atoms with Crippen LogP contribution in [0.1, 0.15) is 17.7 Å². The van der Waals surface area contributed by atoms with Gasteiger partial charge in [-0.3, -0.25) is 4.90 Å². The Balaban J connectivity index is 1.37. The molecular formula is C22H21BClN5S. The molecule has 1 N–H and O–H groups in total. The van der Waals surface area contributed by atoms with Crippen LogP contribution in [-0.2, 0) is 6.54 Å². The molecule has 0 bridgehead atoms. The second kappa shape index (κ2) is 8.42. The summed E-state index contributed by atoms with van der Waals surface area (Å²) in [6.07, 6.45) is 3.80. The largest absolute Gasteiger partial charge is 0.367 e. The maximum absolute atomic E-state index is 6.42. The third-order valence-electron chi connectivity index (χ3n) is 5.55. The van der Waals surface area contributed by atoms with Crippen molar-refractivity contribution in [3.05, 3.63) is 63.9 Å². The van der Waals surface area contributed by atoms with Crippen LogP contribution in [0.15, 0.2) is 54.0 Å². The maximum Gasteiger partial charge on any atom is 0.150 e. The number of thiophene rings is 1. The van der Waals surface area contributed by atoms with Crippen molar-refractivity contribution in [3.8, 4) is 11.3 Å². The van der Waals surface area contributed by atoms with Crippen LogP contribution in [0.5, 0.6) is 0 Å². The highest BCUT2D eigenvalue weighted by atomic mass is 35.5. The second-order valence-corrected chi connectivity index (χ2v) is 9.06. The number of nitrogens with one attached hydrogen (secondary N) is 1. The highest BCUT2D eigenvalue weighted by Gasteiger charge is 2.21. The molecule has 4 aromatic rings. The number of fused-ring (bicyclic) bond motifs is 1. The van der Waals surface area contributed by atoms with Gasteiger partial charge >= 0.3 is 0 Å². The van der Waals surface area contributed by atoms with E-state index in [0.717, 1.165) is 49.6 Å². The minimum Gasteiger partial charge on any atom is -0.367 e. The van der Waals surface area contributed by atoms with E-state index in [1.807, 2.05) is 41.7 Å². The number of benzene rings is 1. The molecule has 0 saturated carbocycles. The van der Waals surface area contributed by atoms with Gasteiger partial charge in [-0.25, -0.2) is 4.98 Å².